The summed E-state index contributed by atoms with van der Waals surface area (Å²) >= 11 is 0. The summed E-state index contributed by atoms with van der Waals surface area (Å²) in [5.41, 5.74) is 2.06. The third-order valence-electron chi connectivity index (χ3n) is 4.77. The first-order valence-electron chi connectivity index (χ1n) is 7.65. The number of H-pyrrole nitrogens is 1. The third kappa shape index (κ3) is 2.22. The van der Waals surface area contributed by atoms with Crippen molar-refractivity contribution in [1.29, 1.82) is 0 Å². The fourth-order valence-corrected chi connectivity index (χ4v) is 3.47. The molecule has 0 amide bonds. The zero-order chi connectivity index (χ0) is 14.4. The number of rotatable bonds is 2. The van der Waals surface area contributed by atoms with Crippen LogP contribution in [-0.2, 0) is 0 Å². The lowest BCUT2D eigenvalue weighted by atomic mass is 9.82. The maximum absolute atomic E-state index is 14.3. The Labute approximate surface area is 122 Å². The second kappa shape index (κ2) is 5.03. The van der Waals surface area contributed by atoms with Crippen LogP contribution in [0, 0.1) is 5.82 Å². The van der Waals surface area contributed by atoms with E-state index >= 15 is 0 Å². The largest absolute Gasteiger partial charge is 0.393 e. The Bertz CT molecular complexity index is 659. The second-order valence-corrected chi connectivity index (χ2v) is 6.19. The molecule has 0 atom stereocenters. The van der Waals surface area contributed by atoms with Gasteiger partial charge in [-0.25, -0.2) is 14.4 Å². The van der Waals surface area contributed by atoms with Gasteiger partial charge in [0.05, 0.1) is 12.3 Å². The van der Waals surface area contributed by atoms with Gasteiger partial charge in [-0.2, -0.15) is 0 Å². The summed E-state index contributed by atoms with van der Waals surface area (Å²) in [6.45, 7) is 1.83. The molecule has 0 aromatic carbocycles. The summed E-state index contributed by atoms with van der Waals surface area (Å²) in [5.74, 6) is 1.04. The number of aromatic nitrogens is 3. The summed E-state index contributed by atoms with van der Waals surface area (Å²) in [4.78, 5) is 12.0. The molecule has 1 aliphatic carbocycles. The molecule has 0 unspecified atom stereocenters. The highest BCUT2D eigenvalue weighted by Gasteiger charge is 2.32. The van der Waals surface area contributed by atoms with Crippen molar-refractivity contribution < 1.29 is 9.50 Å². The third-order valence-corrected chi connectivity index (χ3v) is 4.77. The van der Waals surface area contributed by atoms with Crippen molar-refractivity contribution in [2.75, 3.05) is 13.1 Å². The van der Waals surface area contributed by atoms with Gasteiger partial charge < -0.3 is 15.4 Å². The van der Waals surface area contributed by atoms with Crippen molar-refractivity contribution in [2.24, 2.45) is 0 Å². The van der Waals surface area contributed by atoms with E-state index in [4.69, 9.17) is 0 Å². The molecule has 6 heteroatoms. The predicted molar refractivity (Wildman–Crippen MR) is 76.7 cm³/mol. The van der Waals surface area contributed by atoms with Gasteiger partial charge in [-0.15, -0.1) is 0 Å². The molecule has 2 aromatic heterocycles. The molecule has 0 radical (unpaired) electrons. The standard InChI is InChI=1S/C15H19FN4O/c16-11-7-18-15-13(12(11)8-1-3-17-4-2-8)19-14(20-15)9-5-10(21)6-9/h7-10,17,21H,1-6H2,(H,18,19,20). The molecule has 0 bridgehead atoms. The Balaban J connectivity index is 1.75. The Hall–Kier alpha value is -1.53. The number of aromatic amines is 1. The number of nitrogens with zero attached hydrogens (tertiary/aromatic N) is 2. The number of aliphatic hydroxyl groups is 1. The summed E-state index contributed by atoms with van der Waals surface area (Å²) < 4.78 is 14.3. The Morgan fingerprint density at radius 3 is 2.67 bits per heavy atom. The van der Waals surface area contributed by atoms with Crippen LogP contribution in [0.2, 0.25) is 0 Å². The van der Waals surface area contributed by atoms with Crippen molar-refractivity contribution in [3.8, 4) is 0 Å². The van der Waals surface area contributed by atoms with Gasteiger partial charge in [0, 0.05) is 11.5 Å². The number of halogens is 1. The topological polar surface area (TPSA) is 73.8 Å². The smallest absolute Gasteiger partial charge is 0.157 e. The highest BCUT2D eigenvalue weighted by Crippen LogP contribution is 2.38. The van der Waals surface area contributed by atoms with Crippen LogP contribution in [-0.4, -0.2) is 39.3 Å². The van der Waals surface area contributed by atoms with Gasteiger partial charge in [-0.3, -0.25) is 0 Å². The minimum absolute atomic E-state index is 0.208. The van der Waals surface area contributed by atoms with Gasteiger partial charge in [0.25, 0.3) is 0 Å². The van der Waals surface area contributed by atoms with E-state index in [0.717, 1.165) is 44.6 Å². The van der Waals surface area contributed by atoms with Gasteiger partial charge in [0.1, 0.15) is 17.2 Å². The van der Waals surface area contributed by atoms with Crippen LogP contribution in [0.1, 0.15) is 48.9 Å². The van der Waals surface area contributed by atoms with Crippen molar-refractivity contribution in [2.45, 2.75) is 43.6 Å². The monoisotopic (exact) mass is 290 g/mol. The molecule has 1 saturated carbocycles. The average Bonchev–Trinajstić information content (AvgIpc) is 2.88. The average molecular weight is 290 g/mol. The molecular weight excluding hydrogens is 271 g/mol. The van der Waals surface area contributed by atoms with E-state index in [2.05, 4.69) is 20.3 Å². The van der Waals surface area contributed by atoms with Crippen molar-refractivity contribution in [3.05, 3.63) is 23.4 Å². The summed E-state index contributed by atoms with van der Waals surface area (Å²) in [6, 6.07) is 0. The van der Waals surface area contributed by atoms with E-state index in [1.54, 1.807) is 0 Å². The first-order chi connectivity index (χ1) is 10.2. The molecule has 3 heterocycles. The number of imidazole rings is 1. The number of fused-ring (bicyclic) bond motifs is 1. The van der Waals surface area contributed by atoms with Crippen molar-refractivity contribution in [1.82, 2.24) is 20.3 Å². The molecule has 2 aromatic rings. The van der Waals surface area contributed by atoms with Crippen molar-refractivity contribution in [3.63, 3.8) is 0 Å². The van der Waals surface area contributed by atoms with Crippen molar-refractivity contribution >= 4 is 11.2 Å². The fraction of sp³-hybridized carbons (Fsp3) is 0.600. The van der Waals surface area contributed by atoms with Crippen LogP contribution in [0.15, 0.2) is 6.20 Å². The number of pyridine rings is 1. The minimum atomic E-state index is -0.249. The quantitative estimate of drug-likeness (QED) is 0.788. The van der Waals surface area contributed by atoms with E-state index in [1.807, 2.05) is 0 Å². The van der Waals surface area contributed by atoms with E-state index in [-0.39, 0.29) is 23.8 Å². The normalized spacial score (nSPS) is 27.0. The van der Waals surface area contributed by atoms with E-state index in [9.17, 15) is 9.50 Å². The maximum Gasteiger partial charge on any atom is 0.157 e. The molecule has 1 saturated heterocycles. The Kier molecular flexibility index (Phi) is 3.15. The molecule has 0 spiro atoms. The lowest BCUT2D eigenvalue weighted by Gasteiger charge is -2.29. The Morgan fingerprint density at radius 1 is 1.19 bits per heavy atom. The van der Waals surface area contributed by atoms with Crippen LogP contribution >= 0.6 is 0 Å². The molecule has 3 N–H and O–H groups in total. The van der Waals surface area contributed by atoms with Gasteiger partial charge in [-0.1, -0.05) is 0 Å². The highest BCUT2D eigenvalue weighted by molar-refractivity contribution is 5.75. The molecule has 2 aliphatic rings. The number of aliphatic hydroxyl groups excluding tert-OH is 1. The fourth-order valence-electron chi connectivity index (χ4n) is 3.47. The zero-order valence-corrected chi connectivity index (χ0v) is 11.8. The minimum Gasteiger partial charge on any atom is -0.393 e. The molecule has 2 fully saturated rings. The summed E-state index contributed by atoms with van der Waals surface area (Å²) in [7, 11) is 0. The molecule has 4 rings (SSSR count). The van der Waals surface area contributed by atoms with E-state index in [1.165, 1.54) is 6.20 Å². The van der Waals surface area contributed by atoms with Crippen LogP contribution in [0.25, 0.3) is 11.2 Å². The highest BCUT2D eigenvalue weighted by atomic mass is 19.1. The second-order valence-electron chi connectivity index (χ2n) is 6.19. The zero-order valence-electron chi connectivity index (χ0n) is 11.8. The molecule has 1 aliphatic heterocycles. The van der Waals surface area contributed by atoms with E-state index < -0.39 is 0 Å². The Morgan fingerprint density at radius 2 is 1.95 bits per heavy atom. The van der Waals surface area contributed by atoms with Crippen LogP contribution in [0.5, 0.6) is 0 Å². The number of hydrogen-bond acceptors (Lipinski definition) is 4. The number of nitrogens with one attached hydrogen (secondary N) is 2. The molecule has 112 valence electrons. The summed E-state index contributed by atoms with van der Waals surface area (Å²) in [6.07, 6.45) is 4.39. The van der Waals surface area contributed by atoms with E-state index in [0.29, 0.717) is 16.7 Å². The summed E-state index contributed by atoms with van der Waals surface area (Å²) in [5, 5.41) is 12.7. The predicted octanol–water partition coefficient (Wildman–Crippen LogP) is 1.80. The lowest BCUT2D eigenvalue weighted by Crippen LogP contribution is -2.27. The first-order valence-corrected chi connectivity index (χ1v) is 7.65. The SMILES string of the molecule is OC1CC(c2nc3c(C4CCNCC4)c(F)cnc3[nH]2)C1. The molecule has 5 nitrogen and oxygen atoms in total. The lowest BCUT2D eigenvalue weighted by molar-refractivity contribution is 0.0720. The molecular formula is C15H19FN4O. The first kappa shape index (κ1) is 13.2. The molecule has 21 heavy (non-hydrogen) atoms. The van der Waals surface area contributed by atoms with Gasteiger partial charge >= 0.3 is 0 Å². The maximum atomic E-state index is 14.3. The van der Waals surface area contributed by atoms with Crippen LogP contribution in [0.4, 0.5) is 4.39 Å². The van der Waals surface area contributed by atoms with Gasteiger partial charge in [-0.05, 0) is 44.7 Å². The number of hydrogen-bond donors (Lipinski definition) is 3. The van der Waals surface area contributed by atoms with Crippen LogP contribution in [0.3, 0.4) is 0 Å². The van der Waals surface area contributed by atoms with Gasteiger partial charge in [0.15, 0.2) is 5.65 Å². The van der Waals surface area contributed by atoms with Gasteiger partial charge in [0.2, 0.25) is 0 Å². The van der Waals surface area contributed by atoms with Crippen LogP contribution < -0.4 is 5.32 Å². The number of piperidine rings is 1.